The summed E-state index contributed by atoms with van der Waals surface area (Å²) in [5.41, 5.74) is 1.21. The van der Waals surface area contributed by atoms with Gasteiger partial charge in [0.25, 0.3) is 5.91 Å². The molecule has 0 aliphatic heterocycles. The number of carbonyl (C=O) groups excluding carboxylic acids is 1. The molecule has 0 aliphatic carbocycles. The first-order valence-electron chi connectivity index (χ1n) is 7.02. The first-order valence-corrected chi connectivity index (χ1v) is 7.90. The summed E-state index contributed by atoms with van der Waals surface area (Å²) in [7, 11) is 0. The standard InChI is InChI=1S/C17H21NO2S/c1-17(2,3)13-7-4-5-8-14(13)20-11-10-18-16(19)15-9-6-12-21-15/h4-9,12H,10-11H2,1-3H3,(H,18,19). The molecule has 0 bridgehead atoms. The molecule has 4 heteroatoms. The van der Waals surface area contributed by atoms with E-state index in [2.05, 4.69) is 32.2 Å². The van der Waals surface area contributed by atoms with Crippen LogP contribution in [0.15, 0.2) is 41.8 Å². The number of hydrogen-bond acceptors (Lipinski definition) is 3. The zero-order chi connectivity index (χ0) is 15.3. The molecule has 21 heavy (non-hydrogen) atoms. The summed E-state index contributed by atoms with van der Waals surface area (Å²) < 4.78 is 5.82. The minimum Gasteiger partial charge on any atom is -0.491 e. The van der Waals surface area contributed by atoms with Crippen LogP contribution in [0.5, 0.6) is 5.75 Å². The average Bonchev–Trinajstić information content (AvgIpc) is 2.97. The zero-order valence-electron chi connectivity index (χ0n) is 12.7. The smallest absolute Gasteiger partial charge is 0.261 e. The maximum atomic E-state index is 11.8. The van der Waals surface area contributed by atoms with E-state index in [4.69, 9.17) is 4.74 Å². The Morgan fingerprint density at radius 2 is 1.95 bits per heavy atom. The van der Waals surface area contributed by atoms with E-state index >= 15 is 0 Å². The Hall–Kier alpha value is -1.81. The summed E-state index contributed by atoms with van der Waals surface area (Å²) in [6.45, 7) is 7.44. The van der Waals surface area contributed by atoms with Crippen molar-refractivity contribution in [3.63, 3.8) is 0 Å². The average molecular weight is 303 g/mol. The van der Waals surface area contributed by atoms with Gasteiger partial charge in [-0.1, -0.05) is 45.0 Å². The third-order valence-electron chi connectivity index (χ3n) is 3.09. The van der Waals surface area contributed by atoms with E-state index in [1.807, 2.05) is 35.7 Å². The molecule has 0 saturated carbocycles. The molecule has 0 fully saturated rings. The molecule has 3 nitrogen and oxygen atoms in total. The van der Waals surface area contributed by atoms with E-state index < -0.39 is 0 Å². The van der Waals surface area contributed by atoms with E-state index in [-0.39, 0.29) is 11.3 Å². The van der Waals surface area contributed by atoms with Crippen LogP contribution in [0.1, 0.15) is 36.0 Å². The van der Waals surface area contributed by atoms with Gasteiger partial charge in [-0.25, -0.2) is 0 Å². The van der Waals surface area contributed by atoms with E-state index in [1.165, 1.54) is 16.9 Å². The molecule has 1 heterocycles. The predicted molar refractivity (Wildman–Crippen MR) is 87.3 cm³/mol. The fourth-order valence-corrected chi connectivity index (χ4v) is 2.67. The van der Waals surface area contributed by atoms with Gasteiger partial charge in [0.2, 0.25) is 0 Å². The van der Waals surface area contributed by atoms with Gasteiger partial charge < -0.3 is 10.1 Å². The Morgan fingerprint density at radius 1 is 1.19 bits per heavy atom. The molecule has 0 atom stereocenters. The Morgan fingerprint density at radius 3 is 2.62 bits per heavy atom. The van der Waals surface area contributed by atoms with Crippen LogP contribution in [0, 0.1) is 0 Å². The lowest BCUT2D eigenvalue weighted by Crippen LogP contribution is -2.27. The van der Waals surface area contributed by atoms with Gasteiger partial charge in [-0.3, -0.25) is 4.79 Å². The largest absolute Gasteiger partial charge is 0.491 e. The van der Waals surface area contributed by atoms with E-state index in [9.17, 15) is 4.79 Å². The van der Waals surface area contributed by atoms with E-state index in [1.54, 1.807) is 0 Å². The zero-order valence-corrected chi connectivity index (χ0v) is 13.5. The Kier molecular flexibility index (Phi) is 5.02. The molecule has 0 spiro atoms. The van der Waals surface area contributed by atoms with Gasteiger partial charge >= 0.3 is 0 Å². The van der Waals surface area contributed by atoms with Crippen molar-refractivity contribution < 1.29 is 9.53 Å². The van der Waals surface area contributed by atoms with Crippen molar-refractivity contribution >= 4 is 17.2 Å². The highest BCUT2D eigenvalue weighted by Gasteiger charge is 2.18. The number of nitrogens with one attached hydrogen (secondary N) is 1. The minimum atomic E-state index is -0.0438. The fourth-order valence-electron chi connectivity index (χ4n) is 2.03. The number of benzene rings is 1. The highest BCUT2D eigenvalue weighted by atomic mass is 32.1. The summed E-state index contributed by atoms with van der Waals surface area (Å²) >= 11 is 1.44. The van der Waals surface area contributed by atoms with Crippen molar-refractivity contribution in [2.45, 2.75) is 26.2 Å². The molecule has 0 aliphatic rings. The fraction of sp³-hybridized carbons (Fsp3) is 0.353. The van der Waals surface area contributed by atoms with E-state index in [0.717, 1.165) is 10.6 Å². The van der Waals surface area contributed by atoms with Crippen LogP contribution in [-0.4, -0.2) is 19.1 Å². The maximum absolute atomic E-state index is 11.8. The first kappa shape index (κ1) is 15.6. The monoisotopic (exact) mass is 303 g/mol. The highest BCUT2D eigenvalue weighted by Crippen LogP contribution is 2.30. The lowest BCUT2D eigenvalue weighted by molar-refractivity contribution is 0.0951. The molecule has 2 rings (SSSR count). The van der Waals surface area contributed by atoms with Crippen LogP contribution in [0.2, 0.25) is 0 Å². The first-order chi connectivity index (χ1) is 9.98. The summed E-state index contributed by atoms with van der Waals surface area (Å²) in [6, 6.07) is 11.7. The Labute approximate surface area is 130 Å². The number of thiophene rings is 1. The van der Waals surface area contributed by atoms with Gasteiger partial charge in [-0.15, -0.1) is 11.3 Å². The van der Waals surface area contributed by atoms with Crippen LogP contribution in [0.25, 0.3) is 0 Å². The number of amides is 1. The molecule has 1 N–H and O–H groups in total. The maximum Gasteiger partial charge on any atom is 0.261 e. The van der Waals surface area contributed by atoms with Crippen LogP contribution < -0.4 is 10.1 Å². The van der Waals surface area contributed by atoms with Gasteiger partial charge in [-0.2, -0.15) is 0 Å². The molecule has 1 amide bonds. The molecule has 1 aromatic carbocycles. The van der Waals surface area contributed by atoms with Crippen LogP contribution in [-0.2, 0) is 5.41 Å². The molecule has 0 unspecified atom stereocenters. The molecular formula is C17H21NO2S. The molecule has 1 aromatic heterocycles. The predicted octanol–water partition coefficient (Wildman–Crippen LogP) is 3.85. The third kappa shape index (κ3) is 4.33. The van der Waals surface area contributed by atoms with Crippen molar-refractivity contribution in [2.75, 3.05) is 13.2 Å². The van der Waals surface area contributed by atoms with Gasteiger partial charge in [0.05, 0.1) is 11.4 Å². The number of para-hydroxylation sites is 1. The minimum absolute atomic E-state index is 0.0385. The van der Waals surface area contributed by atoms with Gasteiger partial charge in [0.15, 0.2) is 0 Å². The number of hydrogen-bond donors (Lipinski definition) is 1. The highest BCUT2D eigenvalue weighted by molar-refractivity contribution is 7.12. The molecule has 0 radical (unpaired) electrons. The third-order valence-corrected chi connectivity index (χ3v) is 3.95. The Bertz CT molecular complexity index is 585. The lowest BCUT2D eigenvalue weighted by atomic mass is 9.86. The SMILES string of the molecule is CC(C)(C)c1ccccc1OCCNC(=O)c1cccs1. The van der Waals surface area contributed by atoms with Crippen molar-refractivity contribution in [3.8, 4) is 5.75 Å². The van der Waals surface area contributed by atoms with Crippen LogP contribution >= 0.6 is 11.3 Å². The molecule has 2 aromatic rings. The lowest BCUT2D eigenvalue weighted by Gasteiger charge is -2.22. The molecule has 112 valence electrons. The van der Waals surface area contributed by atoms with Gasteiger partial charge in [0, 0.05) is 0 Å². The van der Waals surface area contributed by atoms with E-state index in [0.29, 0.717) is 13.2 Å². The number of ether oxygens (including phenoxy) is 1. The van der Waals surface area contributed by atoms with Crippen molar-refractivity contribution in [2.24, 2.45) is 0 Å². The molecular weight excluding hydrogens is 282 g/mol. The second kappa shape index (κ2) is 6.76. The summed E-state index contributed by atoms with van der Waals surface area (Å²) in [4.78, 5) is 12.5. The molecule has 0 saturated heterocycles. The normalized spacial score (nSPS) is 11.2. The summed E-state index contributed by atoms with van der Waals surface area (Å²) in [5, 5.41) is 4.75. The summed E-state index contributed by atoms with van der Waals surface area (Å²) in [5.74, 6) is 0.841. The number of rotatable bonds is 5. The second-order valence-corrected chi connectivity index (χ2v) is 6.78. The van der Waals surface area contributed by atoms with Crippen LogP contribution in [0.3, 0.4) is 0 Å². The van der Waals surface area contributed by atoms with Crippen molar-refractivity contribution in [1.82, 2.24) is 5.32 Å². The number of carbonyl (C=O) groups is 1. The van der Waals surface area contributed by atoms with Crippen molar-refractivity contribution in [1.29, 1.82) is 0 Å². The van der Waals surface area contributed by atoms with Crippen LogP contribution in [0.4, 0.5) is 0 Å². The Balaban J connectivity index is 1.86. The van der Waals surface area contributed by atoms with Crippen molar-refractivity contribution in [3.05, 3.63) is 52.2 Å². The summed E-state index contributed by atoms with van der Waals surface area (Å²) in [6.07, 6.45) is 0. The quantitative estimate of drug-likeness (QED) is 0.852. The topological polar surface area (TPSA) is 38.3 Å². The van der Waals surface area contributed by atoms with Gasteiger partial charge in [-0.05, 0) is 28.5 Å². The second-order valence-electron chi connectivity index (χ2n) is 5.83. The van der Waals surface area contributed by atoms with Gasteiger partial charge in [0.1, 0.15) is 12.4 Å².